The Hall–Kier alpha value is -2.86. The van der Waals surface area contributed by atoms with Gasteiger partial charge >= 0.3 is 0 Å². The van der Waals surface area contributed by atoms with Gasteiger partial charge in [0.15, 0.2) is 5.78 Å². The first-order valence-corrected chi connectivity index (χ1v) is 14.1. The molecular formula is C32H46NO5+. The number of hydrogen-bond donors (Lipinski definition) is 0. The standard InChI is InChI=1S/C32H46NO5/c1-7-8-9-10-11-12-13-14-15-16-17-33(2,3)22-23-18-25-29(27(19-23)37-5)32(35)30-26(31(25)34)20-24(36-4)21-28(30)38-6/h18-21H,7-17,22H2,1-6H3/q+1. The van der Waals surface area contributed by atoms with Gasteiger partial charge in [-0.2, -0.15) is 0 Å². The topological polar surface area (TPSA) is 61.8 Å². The van der Waals surface area contributed by atoms with Gasteiger partial charge in [0.1, 0.15) is 23.8 Å². The maximum atomic E-state index is 13.6. The maximum absolute atomic E-state index is 13.6. The van der Waals surface area contributed by atoms with E-state index in [1.165, 1.54) is 78.4 Å². The summed E-state index contributed by atoms with van der Waals surface area (Å²) in [5.41, 5.74) is 2.23. The minimum absolute atomic E-state index is 0.216. The lowest BCUT2D eigenvalue weighted by molar-refractivity contribution is -0.903. The lowest BCUT2D eigenvalue weighted by Gasteiger charge is -2.31. The number of benzene rings is 2. The molecule has 0 atom stereocenters. The molecule has 0 fully saturated rings. The van der Waals surface area contributed by atoms with Crippen molar-refractivity contribution in [2.45, 2.75) is 77.7 Å². The van der Waals surface area contributed by atoms with Crippen LogP contribution in [0.2, 0.25) is 0 Å². The van der Waals surface area contributed by atoms with E-state index < -0.39 is 0 Å². The summed E-state index contributed by atoms with van der Waals surface area (Å²) in [5.74, 6) is 0.744. The van der Waals surface area contributed by atoms with Crippen molar-refractivity contribution in [3.63, 3.8) is 0 Å². The van der Waals surface area contributed by atoms with Crippen molar-refractivity contribution in [2.24, 2.45) is 0 Å². The molecule has 6 heteroatoms. The molecule has 6 nitrogen and oxygen atoms in total. The highest BCUT2D eigenvalue weighted by atomic mass is 16.5. The first-order valence-electron chi connectivity index (χ1n) is 14.1. The van der Waals surface area contributed by atoms with Crippen molar-refractivity contribution < 1.29 is 28.3 Å². The molecule has 0 unspecified atom stereocenters. The van der Waals surface area contributed by atoms with Crippen LogP contribution in [-0.2, 0) is 6.54 Å². The molecule has 0 aromatic heterocycles. The Kier molecular flexibility index (Phi) is 10.8. The largest absolute Gasteiger partial charge is 0.497 e. The first kappa shape index (κ1) is 29.7. The van der Waals surface area contributed by atoms with Crippen molar-refractivity contribution in [3.05, 3.63) is 52.1 Å². The predicted molar refractivity (Wildman–Crippen MR) is 152 cm³/mol. The SMILES string of the molecule is CCCCCCCCCCCC[N+](C)(C)Cc1cc(OC)c2c(c1)C(=O)c1cc(OC)cc(OC)c1C2=O. The first-order chi connectivity index (χ1) is 18.3. The summed E-state index contributed by atoms with van der Waals surface area (Å²) in [5, 5.41) is 0. The number of ether oxygens (including phenoxy) is 3. The molecule has 2 aromatic rings. The molecule has 0 radical (unpaired) electrons. The van der Waals surface area contributed by atoms with E-state index in [1.807, 2.05) is 12.1 Å². The van der Waals surface area contributed by atoms with Crippen LogP contribution < -0.4 is 14.2 Å². The summed E-state index contributed by atoms with van der Waals surface area (Å²) in [4.78, 5) is 27.2. The van der Waals surface area contributed by atoms with Crippen molar-refractivity contribution in [2.75, 3.05) is 42.0 Å². The third-order valence-electron chi connectivity index (χ3n) is 7.58. The van der Waals surface area contributed by atoms with Crippen LogP contribution >= 0.6 is 0 Å². The number of nitrogens with zero attached hydrogens (tertiary/aromatic N) is 1. The smallest absolute Gasteiger partial charge is 0.201 e. The molecule has 0 saturated carbocycles. The number of carbonyl (C=O) groups is 2. The highest BCUT2D eigenvalue weighted by Crippen LogP contribution is 2.40. The summed E-state index contributed by atoms with van der Waals surface area (Å²) in [7, 11) is 8.99. The molecule has 208 valence electrons. The second-order valence-electron chi connectivity index (χ2n) is 11.1. The summed E-state index contributed by atoms with van der Waals surface area (Å²) in [6.45, 7) is 4.06. The lowest BCUT2D eigenvalue weighted by atomic mass is 9.82. The van der Waals surface area contributed by atoms with E-state index in [1.54, 1.807) is 19.2 Å². The number of fused-ring (bicyclic) bond motifs is 2. The number of unbranched alkanes of at least 4 members (excludes halogenated alkanes) is 9. The third kappa shape index (κ3) is 7.16. The maximum Gasteiger partial charge on any atom is 0.201 e. The van der Waals surface area contributed by atoms with E-state index in [0.29, 0.717) is 33.9 Å². The third-order valence-corrected chi connectivity index (χ3v) is 7.58. The van der Waals surface area contributed by atoms with Gasteiger partial charge in [-0.3, -0.25) is 9.59 Å². The van der Waals surface area contributed by atoms with E-state index in [2.05, 4.69) is 21.0 Å². The molecule has 0 saturated heterocycles. The number of methoxy groups -OCH3 is 3. The molecule has 1 aliphatic rings. The van der Waals surface area contributed by atoms with Gasteiger partial charge in [-0.15, -0.1) is 0 Å². The summed E-state index contributed by atoms with van der Waals surface area (Å²) in [6, 6.07) is 7.02. The van der Waals surface area contributed by atoms with E-state index in [0.717, 1.165) is 23.1 Å². The minimum Gasteiger partial charge on any atom is -0.497 e. The quantitative estimate of drug-likeness (QED) is 0.149. The van der Waals surface area contributed by atoms with Gasteiger partial charge in [0, 0.05) is 22.8 Å². The second kappa shape index (κ2) is 13.8. The Balaban J connectivity index is 1.68. The molecule has 3 rings (SSSR count). The number of carbonyl (C=O) groups excluding carboxylic acids is 2. The average molecular weight is 525 g/mol. The fraction of sp³-hybridized carbons (Fsp3) is 0.562. The molecule has 0 N–H and O–H groups in total. The molecule has 0 spiro atoms. The Bertz CT molecular complexity index is 1120. The number of hydrogen-bond acceptors (Lipinski definition) is 5. The van der Waals surface area contributed by atoms with Crippen LogP contribution in [0, 0.1) is 0 Å². The van der Waals surface area contributed by atoms with Crippen LogP contribution in [0.25, 0.3) is 0 Å². The number of quaternary nitrogens is 1. The zero-order valence-electron chi connectivity index (χ0n) is 24.3. The predicted octanol–water partition coefficient (Wildman–Crippen LogP) is 6.99. The van der Waals surface area contributed by atoms with Gasteiger partial charge in [0.25, 0.3) is 0 Å². The van der Waals surface area contributed by atoms with Crippen LogP contribution in [0.5, 0.6) is 17.2 Å². The molecule has 0 heterocycles. The van der Waals surface area contributed by atoms with Crippen LogP contribution in [0.3, 0.4) is 0 Å². The molecule has 0 amide bonds. The molecular weight excluding hydrogens is 478 g/mol. The fourth-order valence-corrected chi connectivity index (χ4v) is 5.49. The van der Waals surface area contributed by atoms with E-state index >= 15 is 0 Å². The Morgan fingerprint density at radius 1 is 0.632 bits per heavy atom. The van der Waals surface area contributed by atoms with E-state index in [-0.39, 0.29) is 17.1 Å². The van der Waals surface area contributed by atoms with E-state index in [4.69, 9.17) is 14.2 Å². The van der Waals surface area contributed by atoms with Crippen LogP contribution in [0.15, 0.2) is 24.3 Å². The average Bonchev–Trinajstić information content (AvgIpc) is 2.91. The van der Waals surface area contributed by atoms with Gasteiger partial charge in [-0.1, -0.05) is 58.3 Å². The number of ketones is 2. The van der Waals surface area contributed by atoms with Crippen molar-refractivity contribution in [3.8, 4) is 17.2 Å². The van der Waals surface area contributed by atoms with Crippen LogP contribution in [0.1, 0.15) is 109 Å². The van der Waals surface area contributed by atoms with Gasteiger partial charge in [0.05, 0.1) is 53.1 Å². The van der Waals surface area contributed by atoms with Crippen molar-refractivity contribution in [1.82, 2.24) is 0 Å². The van der Waals surface area contributed by atoms with Crippen LogP contribution in [-0.4, -0.2) is 58.0 Å². The van der Waals surface area contributed by atoms with Gasteiger partial charge in [-0.25, -0.2) is 0 Å². The van der Waals surface area contributed by atoms with Gasteiger partial charge in [0.2, 0.25) is 5.78 Å². The lowest BCUT2D eigenvalue weighted by Crippen LogP contribution is -2.39. The molecule has 0 aliphatic heterocycles. The normalized spacial score (nSPS) is 12.8. The fourth-order valence-electron chi connectivity index (χ4n) is 5.49. The van der Waals surface area contributed by atoms with Crippen molar-refractivity contribution >= 4 is 11.6 Å². The zero-order chi connectivity index (χ0) is 27.7. The monoisotopic (exact) mass is 524 g/mol. The van der Waals surface area contributed by atoms with Gasteiger partial charge in [-0.05, 0) is 31.0 Å². The second-order valence-corrected chi connectivity index (χ2v) is 11.1. The summed E-state index contributed by atoms with van der Waals surface area (Å²) in [6.07, 6.45) is 13.2. The number of rotatable bonds is 16. The van der Waals surface area contributed by atoms with Crippen LogP contribution in [0.4, 0.5) is 0 Å². The summed E-state index contributed by atoms with van der Waals surface area (Å²) >= 11 is 0. The highest BCUT2D eigenvalue weighted by molar-refractivity contribution is 6.30. The summed E-state index contributed by atoms with van der Waals surface area (Å²) < 4.78 is 17.2. The van der Waals surface area contributed by atoms with Gasteiger partial charge < -0.3 is 18.7 Å². The minimum atomic E-state index is -0.267. The Labute approximate surface area is 228 Å². The van der Waals surface area contributed by atoms with Crippen molar-refractivity contribution in [1.29, 1.82) is 0 Å². The Morgan fingerprint density at radius 3 is 1.71 bits per heavy atom. The highest BCUT2D eigenvalue weighted by Gasteiger charge is 2.36. The molecule has 2 aromatic carbocycles. The van der Waals surface area contributed by atoms with E-state index in [9.17, 15) is 9.59 Å². The molecule has 0 bridgehead atoms. The molecule has 38 heavy (non-hydrogen) atoms. The molecule has 1 aliphatic carbocycles. The zero-order valence-corrected chi connectivity index (χ0v) is 24.3. The Morgan fingerprint density at radius 2 is 1.16 bits per heavy atom.